The summed E-state index contributed by atoms with van der Waals surface area (Å²) in [7, 11) is -4.63. The van der Waals surface area contributed by atoms with Gasteiger partial charge in [0.2, 0.25) is 15.9 Å². The van der Waals surface area contributed by atoms with Crippen LogP contribution in [0, 0.1) is 0 Å². The Morgan fingerprint density at radius 3 is 2.52 bits per heavy atom. The number of ether oxygens (including phenoxy) is 2. The summed E-state index contributed by atoms with van der Waals surface area (Å²) in [5, 5.41) is 7.49. The summed E-state index contributed by atoms with van der Waals surface area (Å²) in [5.41, 5.74) is 0.812. The molecule has 0 bridgehead atoms. The molecule has 1 saturated heterocycles. The van der Waals surface area contributed by atoms with Gasteiger partial charge in [0.15, 0.2) is 5.75 Å². The molecule has 42 heavy (non-hydrogen) atoms. The summed E-state index contributed by atoms with van der Waals surface area (Å²) >= 11 is 0. The van der Waals surface area contributed by atoms with E-state index in [4.69, 9.17) is 9.47 Å². The van der Waals surface area contributed by atoms with Crippen molar-refractivity contribution in [1.29, 1.82) is 0 Å². The second-order valence-corrected chi connectivity index (χ2v) is 12.4. The fourth-order valence-corrected chi connectivity index (χ4v) is 6.13. The lowest BCUT2D eigenvalue weighted by Crippen LogP contribution is -2.44. The van der Waals surface area contributed by atoms with Gasteiger partial charge in [-0.1, -0.05) is 18.2 Å². The number of amides is 1. The van der Waals surface area contributed by atoms with Crippen LogP contribution in [0.25, 0.3) is 11.3 Å². The van der Waals surface area contributed by atoms with E-state index in [0.717, 1.165) is 25.9 Å². The third-order valence-corrected chi connectivity index (χ3v) is 8.33. The van der Waals surface area contributed by atoms with Gasteiger partial charge in [-0.15, -0.1) is 0 Å². The number of carbonyl (C=O) groups is 1. The van der Waals surface area contributed by atoms with Crippen LogP contribution in [0.2, 0.25) is 0 Å². The SMILES string of the molecule is CCn1nc(-c2cccc(C(C)(C)NS(=O)(=O)CC(F)(F)F)c2)cc1Oc1ccc(C(=O)NCCC2CCCO2)cc1. The van der Waals surface area contributed by atoms with E-state index in [0.29, 0.717) is 47.1 Å². The molecular weight excluding hydrogens is 573 g/mol. The number of nitrogens with one attached hydrogen (secondary N) is 2. The van der Waals surface area contributed by atoms with Gasteiger partial charge in [0.1, 0.15) is 5.75 Å². The number of nitrogens with zero attached hydrogens (tertiary/aromatic N) is 2. The van der Waals surface area contributed by atoms with Gasteiger partial charge in [-0.05, 0) is 75.9 Å². The van der Waals surface area contributed by atoms with E-state index in [1.54, 1.807) is 59.3 Å². The molecule has 1 aromatic heterocycles. The van der Waals surface area contributed by atoms with Crippen molar-refractivity contribution in [3.05, 3.63) is 65.7 Å². The Morgan fingerprint density at radius 1 is 1.14 bits per heavy atom. The lowest BCUT2D eigenvalue weighted by Gasteiger charge is -2.27. The van der Waals surface area contributed by atoms with Crippen molar-refractivity contribution in [2.45, 2.75) is 64.4 Å². The molecule has 1 aliphatic heterocycles. The van der Waals surface area contributed by atoms with Gasteiger partial charge in [0.05, 0.1) is 17.3 Å². The first-order valence-electron chi connectivity index (χ1n) is 13.7. The molecule has 1 amide bonds. The molecule has 1 fully saturated rings. The Labute approximate surface area is 243 Å². The molecule has 3 aromatic rings. The highest BCUT2D eigenvalue weighted by molar-refractivity contribution is 7.89. The molecule has 2 N–H and O–H groups in total. The van der Waals surface area contributed by atoms with E-state index in [1.807, 2.05) is 6.92 Å². The molecule has 0 aliphatic carbocycles. The fraction of sp³-hybridized carbons (Fsp3) is 0.448. The zero-order valence-electron chi connectivity index (χ0n) is 23.7. The summed E-state index contributed by atoms with van der Waals surface area (Å²) in [6.07, 6.45) is -1.79. The molecule has 13 heteroatoms. The standard InChI is InChI=1S/C29H35F3N4O5S/c1-4-36-26(41-24-12-10-20(11-13-24)27(37)33-15-14-23-9-6-16-40-23)18-25(34-36)21-7-5-8-22(17-21)28(2,3)35-42(38,39)19-29(30,31)32/h5,7-8,10-13,17-18,23,35H,4,6,9,14-16,19H2,1-3H3,(H,33,37). The summed E-state index contributed by atoms with van der Waals surface area (Å²) in [6, 6.07) is 15.2. The van der Waals surface area contributed by atoms with E-state index in [9.17, 15) is 26.4 Å². The number of aromatic nitrogens is 2. The number of benzene rings is 2. The molecule has 228 valence electrons. The largest absolute Gasteiger partial charge is 0.439 e. The minimum atomic E-state index is -4.86. The van der Waals surface area contributed by atoms with Gasteiger partial charge < -0.3 is 14.8 Å². The number of hydrogen-bond acceptors (Lipinski definition) is 6. The van der Waals surface area contributed by atoms with Crippen LogP contribution in [0.15, 0.2) is 54.6 Å². The Morgan fingerprint density at radius 2 is 1.88 bits per heavy atom. The molecule has 0 spiro atoms. The van der Waals surface area contributed by atoms with Crippen LogP contribution in [0.1, 0.15) is 56.0 Å². The number of sulfonamides is 1. The maximum atomic E-state index is 12.7. The first kappa shape index (κ1) is 31.5. The summed E-state index contributed by atoms with van der Waals surface area (Å²) < 4.78 is 77.8. The van der Waals surface area contributed by atoms with Crippen molar-refractivity contribution in [3.8, 4) is 22.9 Å². The van der Waals surface area contributed by atoms with Crippen LogP contribution in [0.4, 0.5) is 13.2 Å². The maximum Gasteiger partial charge on any atom is 0.404 e. The van der Waals surface area contributed by atoms with Crippen molar-refractivity contribution in [2.75, 3.05) is 18.9 Å². The van der Waals surface area contributed by atoms with Crippen LogP contribution < -0.4 is 14.8 Å². The molecule has 0 saturated carbocycles. The summed E-state index contributed by atoms with van der Waals surface area (Å²) in [4.78, 5) is 12.5. The van der Waals surface area contributed by atoms with Gasteiger partial charge in [0, 0.05) is 36.9 Å². The molecule has 1 unspecified atom stereocenters. The van der Waals surface area contributed by atoms with Gasteiger partial charge in [-0.3, -0.25) is 4.79 Å². The summed E-state index contributed by atoms with van der Waals surface area (Å²) in [6.45, 7) is 6.69. The van der Waals surface area contributed by atoms with Gasteiger partial charge >= 0.3 is 6.18 Å². The minimum absolute atomic E-state index is 0.177. The quantitative estimate of drug-likeness (QED) is 0.286. The fourth-order valence-electron chi connectivity index (χ4n) is 4.73. The molecule has 1 aliphatic rings. The predicted octanol–water partition coefficient (Wildman–Crippen LogP) is 5.38. The normalized spacial score (nSPS) is 16.0. The second kappa shape index (κ2) is 12.8. The minimum Gasteiger partial charge on any atom is -0.439 e. The Balaban J connectivity index is 1.44. The summed E-state index contributed by atoms with van der Waals surface area (Å²) in [5.74, 6) is -1.20. The van der Waals surface area contributed by atoms with Crippen LogP contribution in [-0.2, 0) is 26.8 Å². The number of carbonyl (C=O) groups excluding carboxylic acids is 1. The van der Waals surface area contributed by atoms with Crippen molar-refractivity contribution >= 4 is 15.9 Å². The van der Waals surface area contributed by atoms with Crippen LogP contribution in [-0.4, -0.2) is 55.3 Å². The Hall–Kier alpha value is -3.42. The van der Waals surface area contributed by atoms with E-state index < -0.39 is 27.5 Å². The predicted molar refractivity (Wildman–Crippen MR) is 152 cm³/mol. The lowest BCUT2D eigenvalue weighted by molar-refractivity contribution is -0.106. The van der Waals surface area contributed by atoms with Crippen molar-refractivity contribution < 1.29 is 35.9 Å². The first-order chi connectivity index (χ1) is 19.7. The molecule has 9 nitrogen and oxygen atoms in total. The number of aryl methyl sites for hydroxylation is 1. The number of hydrogen-bond donors (Lipinski definition) is 2. The molecule has 0 radical (unpaired) electrons. The van der Waals surface area contributed by atoms with E-state index >= 15 is 0 Å². The monoisotopic (exact) mass is 608 g/mol. The lowest BCUT2D eigenvalue weighted by atomic mass is 9.93. The smallest absolute Gasteiger partial charge is 0.404 e. The third-order valence-electron chi connectivity index (χ3n) is 6.80. The second-order valence-electron chi connectivity index (χ2n) is 10.7. The van der Waals surface area contributed by atoms with Crippen LogP contribution in [0.3, 0.4) is 0 Å². The Kier molecular flexibility index (Phi) is 9.63. The highest BCUT2D eigenvalue weighted by Crippen LogP contribution is 2.31. The van der Waals surface area contributed by atoms with E-state index in [1.165, 1.54) is 13.8 Å². The van der Waals surface area contributed by atoms with Gasteiger partial charge in [0.25, 0.3) is 5.91 Å². The van der Waals surface area contributed by atoms with E-state index in [-0.39, 0.29) is 12.0 Å². The molecular formula is C29H35F3N4O5S. The van der Waals surface area contributed by atoms with Crippen LogP contribution in [0.5, 0.6) is 11.6 Å². The molecule has 1 atom stereocenters. The third kappa shape index (κ3) is 8.55. The number of halogens is 3. The van der Waals surface area contributed by atoms with E-state index in [2.05, 4.69) is 15.1 Å². The molecule has 4 rings (SSSR count). The molecule has 2 aromatic carbocycles. The van der Waals surface area contributed by atoms with Crippen LogP contribution >= 0.6 is 0 Å². The number of alkyl halides is 3. The van der Waals surface area contributed by atoms with Gasteiger partial charge in [-0.25, -0.2) is 17.8 Å². The highest BCUT2D eigenvalue weighted by atomic mass is 32.2. The molecule has 2 heterocycles. The topological polar surface area (TPSA) is 112 Å². The maximum absolute atomic E-state index is 12.7. The van der Waals surface area contributed by atoms with Gasteiger partial charge in [-0.2, -0.15) is 18.3 Å². The first-order valence-corrected chi connectivity index (χ1v) is 15.3. The zero-order valence-corrected chi connectivity index (χ0v) is 24.5. The highest BCUT2D eigenvalue weighted by Gasteiger charge is 2.38. The number of rotatable bonds is 12. The Bertz CT molecular complexity index is 1480. The van der Waals surface area contributed by atoms with Crippen molar-refractivity contribution in [3.63, 3.8) is 0 Å². The average Bonchev–Trinajstić information content (AvgIpc) is 3.57. The zero-order chi connectivity index (χ0) is 30.5. The average molecular weight is 609 g/mol. The van der Waals surface area contributed by atoms with Crippen molar-refractivity contribution in [2.24, 2.45) is 0 Å². The van der Waals surface area contributed by atoms with Crippen molar-refractivity contribution in [1.82, 2.24) is 19.8 Å².